The summed E-state index contributed by atoms with van der Waals surface area (Å²) in [5, 5.41) is 6.92. The highest BCUT2D eigenvalue weighted by Gasteiger charge is 2.67. The zero-order chi connectivity index (χ0) is 18.5. The third kappa shape index (κ3) is 2.64. The molecule has 0 aromatic carbocycles. The molecule has 2 fully saturated rings. The minimum absolute atomic E-state index is 0.114. The van der Waals surface area contributed by atoms with E-state index in [4.69, 9.17) is 9.26 Å². The second-order valence-electron chi connectivity index (χ2n) is 7.57. The van der Waals surface area contributed by atoms with Gasteiger partial charge in [-0.15, -0.1) is 0 Å². The molecule has 1 N–H and O–H groups in total. The summed E-state index contributed by atoms with van der Waals surface area (Å²) < 4.78 is 11.2. The summed E-state index contributed by atoms with van der Waals surface area (Å²) in [5.41, 5.74) is -0.736. The van der Waals surface area contributed by atoms with Gasteiger partial charge in [0.05, 0.1) is 24.5 Å². The summed E-state index contributed by atoms with van der Waals surface area (Å²) in [6.07, 6.45) is 4.37. The Kier molecular flexibility index (Phi) is 4.11. The lowest BCUT2D eigenvalue weighted by atomic mass is 9.77. The van der Waals surface area contributed by atoms with Gasteiger partial charge in [0.2, 0.25) is 11.8 Å². The van der Waals surface area contributed by atoms with Gasteiger partial charge < -0.3 is 19.5 Å². The van der Waals surface area contributed by atoms with E-state index < -0.39 is 17.4 Å². The molecule has 2 saturated heterocycles. The van der Waals surface area contributed by atoms with Crippen LogP contribution in [-0.4, -0.2) is 67.3 Å². The number of ether oxygens (including phenoxy) is 1. The maximum atomic E-state index is 13.1. The number of amides is 2. The molecule has 2 bridgehead atoms. The normalized spacial score (nSPS) is 31.9. The SMILES string of the molecule is Cc1cc(N2C[C@]34C=C[C@@H](O3)C(C(=O)NCCCN(C)C)C4C2=O)no1. The molecule has 4 rings (SSSR count). The number of fused-ring (bicyclic) bond motifs is 1. The van der Waals surface area contributed by atoms with Crippen molar-refractivity contribution in [2.75, 3.05) is 38.6 Å². The smallest absolute Gasteiger partial charge is 0.235 e. The number of carbonyl (C=O) groups is 2. The van der Waals surface area contributed by atoms with Crippen LogP contribution in [0.15, 0.2) is 22.7 Å². The van der Waals surface area contributed by atoms with Crippen LogP contribution in [-0.2, 0) is 14.3 Å². The summed E-state index contributed by atoms with van der Waals surface area (Å²) in [6.45, 7) is 3.63. The number of nitrogens with zero attached hydrogens (tertiary/aromatic N) is 3. The molecule has 140 valence electrons. The standard InChI is InChI=1S/C18H24N4O4/c1-11-9-13(20-26-11)22-10-18-6-5-12(25-18)14(15(18)17(22)24)16(23)19-7-4-8-21(2)3/h5-6,9,12,14-15H,4,7-8,10H2,1-3H3,(H,19,23)/t12-,14?,15?,18+/m1/s1. The van der Waals surface area contributed by atoms with Crippen LogP contribution in [0.25, 0.3) is 0 Å². The average Bonchev–Trinajstić information content (AvgIpc) is 3.32. The van der Waals surface area contributed by atoms with E-state index in [0.717, 1.165) is 13.0 Å². The van der Waals surface area contributed by atoms with Gasteiger partial charge in [0.15, 0.2) is 5.82 Å². The molecule has 4 heterocycles. The Labute approximate surface area is 152 Å². The van der Waals surface area contributed by atoms with E-state index in [-0.39, 0.29) is 17.9 Å². The number of rotatable bonds is 6. The zero-order valence-corrected chi connectivity index (χ0v) is 15.3. The fourth-order valence-corrected chi connectivity index (χ4v) is 4.20. The van der Waals surface area contributed by atoms with Crippen LogP contribution in [0.3, 0.4) is 0 Å². The summed E-state index contributed by atoms with van der Waals surface area (Å²) in [6, 6.07) is 1.72. The molecule has 1 aromatic rings. The van der Waals surface area contributed by atoms with Gasteiger partial charge in [0, 0.05) is 12.6 Å². The molecule has 26 heavy (non-hydrogen) atoms. The fourth-order valence-electron chi connectivity index (χ4n) is 4.20. The fraction of sp³-hybridized carbons (Fsp3) is 0.611. The summed E-state index contributed by atoms with van der Waals surface area (Å²) in [5.74, 6) is -0.136. The van der Waals surface area contributed by atoms with Crippen molar-refractivity contribution in [3.8, 4) is 0 Å². The Morgan fingerprint density at radius 3 is 3.00 bits per heavy atom. The van der Waals surface area contributed by atoms with Gasteiger partial charge in [-0.25, -0.2) is 0 Å². The first-order valence-electron chi connectivity index (χ1n) is 8.95. The lowest BCUT2D eigenvalue weighted by molar-refractivity contribution is -0.131. The Morgan fingerprint density at radius 2 is 2.31 bits per heavy atom. The Hall–Kier alpha value is -2.19. The van der Waals surface area contributed by atoms with Crippen LogP contribution in [0.2, 0.25) is 0 Å². The summed E-state index contributed by atoms with van der Waals surface area (Å²) >= 11 is 0. The van der Waals surface area contributed by atoms with Crippen molar-refractivity contribution in [2.45, 2.75) is 25.0 Å². The van der Waals surface area contributed by atoms with E-state index in [1.54, 1.807) is 17.9 Å². The minimum Gasteiger partial charge on any atom is -0.360 e. The zero-order valence-electron chi connectivity index (χ0n) is 15.3. The highest BCUT2D eigenvalue weighted by molar-refractivity contribution is 6.02. The van der Waals surface area contributed by atoms with Crippen molar-refractivity contribution < 1.29 is 18.8 Å². The van der Waals surface area contributed by atoms with Crippen LogP contribution in [0.4, 0.5) is 5.82 Å². The molecule has 8 heteroatoms. The number of carbonyl (C=O) groups excluding carboxylic acids is 2. The highest BCUT2D eigenvalue weighted by Crippen LogP contribution is 2.52. The van der Waals surface area contributed by atoms with E-state index in [1.165, 1.54) is 0 Å². The molecule has 2 amide bonds. The maximum Gasteiger partial charge on any atom is 0.235 e. The van der Waals surface area contributed by atoms with Crippen molar-refractivity contribution in [1.29, 1.82) is 0 Å². The summed E-state index contributed by atoms with van der Waals surface area (Å²) in [4.78, 5) is 29.5. The molecule has 1 spiro atoms. The first-order chi connectivity index (χ1) is 12.4. The molecule has 8 nitrogen and oxygen atoms in total. The molecule has 1 aromatic heterocycles. The topological polar surface area (TPSA) is 87.9 Å². The average molecular weight is 360 g/mol. The van der Waals surface area contributed by atoms with E-state index in [0.29, 0.717) is 24.7 Å². The third-order valence-electron chi connectivity index (χ3n) is 5.38. The van der Waals surface area contributed by atoms with Gasteiger partial charge in [-0.1, -0.05) is 17.3 Å². The van der Waals surface area contributed by atoms with E-state index >= 15 is 0 Å². The summed E-state index contributed by atoms with van der Waals surface area (Å²) in [7, 11) is 4.00. The van der Waals surface area contributed by atoms with Gasteiger partial charge in [-0.2, -0.15) is 0 Å². The molecule has 3 aliphatic heterocycles. The Morgan fingerprint density at radius 1 is 1.50 bits per heavy atom. The number of hydrogen-bond acceptors (Lipinski definition) is 6. The molecule has 3 aliphatic rings. The van der Waals surface area contributed by atoms with Crippen molar-refractivity contribution in [2.24, 2.45) is 11.8 Å². The largest absolute Gasteiger partial charge is 0.360 e. The number of nitrogens with one attached hydrogen (secondary N) is 1. The van der Waals surface area contributed by atoms with Crippen molar-refractivity contribution in [3.63, 3.8) is 0 Å². The van der Waals surface area contributed by atoms with E-state index in [9.17, 15) is 9.59 Å². The van der Waals surface area contributed by atoms with Crippen LogP contribution in [0.5, 0.6) is 0 Å². The lowest BCUT2D eigenvalue weighted by Gasteiger charge is -2.23. The molecule has 4 atom stereocenters. The Balaban J connectivity index is 1.49. The predicted octanol–water partition coefficient (Wildman–Crippen LogP) is 0.337. The van der Waals surface area contributed by atoms with Crippen LogP contribution >= 0.6 is 0 Å². The maximum absolute atomic E-state index is 13.1. The third-order valence-corrected chi connectivity index (χ3v) is 5.38. The van der Waals surface area contributed by atoms with Gasteiger partial charge in [0.1, 0.15) is 11.4 Å². The van der Waals surface area contributed by atoms with Gasteiger partial charge in [0.25, 0.3) is 0 Å². The van der Waals surface area contributed by atoms with Crippen LogP contribution in [0, 0.1) is 18.8 Å². The van der Waals surface area contributed by atoms with Gasteiger partial charge in [-0.05, 0) is 34.0 Å². The lowest BCUT2D eigenvalue weighted by Crippen LogP contribution is -2.44. The number of hydrogen-bond donors (Lipinski definition) is 1. The molecule has 2 unspecified atom stereocenters. The molecule has 0 radical (unpaired) electrons. The van der Waals surface area contributed by atoms with Gasteiger partial charge in [-0.3, -0.25) is 14.5 Å². The minimum atomic E-state index is -0.736. The van der Waals surface area contributed by atoms with Crippen molar-refractivity contribution in [3.05, 3.63) is 24.0 Å². The predicted molar refractivity (Wildman–Crippen MR) is 93.5 cm³/mol. The van der Waals surface area contributed by atoms with Crippen LogP contribution in [0.1, 0.15) is 12.2 Å². The highest BCUT2D eigenvalue weighted by atomic mass is 16.5. The number of aromatic nitrogens is 1. The molecule has 0 saturated carbocycles. The quantitative estimate of drug-likeness (QED) is 0.581. The number of anilines is 1. The molecular weight excluding hydrogens is 336 g/mol. The first-order valence-corrected chi connectivity index (χ1v) is 8.95. The van der Waals surface area contributed by atoms with Crippen molar-refractivity contribution in [1.82, 2.24) is 15.4 Å². The van der Waals surface area contributed by atoms with E-state index in [2.05, 4.69) is 15.4 Å². The molecular formula is C18H24N4O4. The second kappa shape index (κ2) is 6.21. The monoisotopic (exact) mass is 360 g/mol. The number of aryl methyl sites for hydroxylation is 1. The van der Waals surface area contributed by atoms with Crippen molar-refractivity contribution >= 4 is 17.6 Å². The Bertz CT molecular complexity index is 758. The van der Waals surface area contributed by atoms with Gasteiger partial charge >= 0.3 is 0 Å². The molecule has 0 aliphatic carbocycles. The second-order valence-corrected chi connectivity index (χ2v) is 7.57. The first kappa shape index (κ1) is 17.2. The van der Waals surface area contributed by atoms with Crippen LogP contribution < -0.4 is 10.2 Å². The van der Waals surface area contributed by atoms with E-state index in [1.807, 2.05) is 26.2 Å².